The van der Waals surface area contributed by atoms with E-state index in [1.807, 2.05) is 36.5 Å². The first kappa shape index (κ1) is 18.9. The predicted octanol–water partition coefficient (Wildman–Crippen LogP) is 3.90. The average molecular weight is 381 g/mol. The van der Waals surface area contributed by atoms with Gasteiger partial charge in [-0.05, 0) is 30.2 Å². The Labute approximate surface area is 164 Å². The van der Waals surface area contributed by atoms with Crippen LogP contribution in [-0.2, 0) is 19.7 Å². The topological polar surface area (TPSA) is 58.5 Å². The first-order valence-electron chi connectivity index (χ1n) is 8.84. The maximum absolute atomic E-state index is 5.82. The normalized spacial score (nSPS) is 11.3. The molecule has 0 aliphatic rings. The Kier molecular flexibility index (Phi) is 6.82. The number of hydrogen-bond acceptors (Lipinski definition) is 4. The van der Waals surface area contributed by atoms with E-state index in [0.29, 0.717) is 19.7 Å². The van der Waals surface area contributed by atoms with Gasteiger partial charge in [0.15, 0.2) is 5.96 Å². The number of ether oxygens (including phenoxy) is 1. The zero-order valence-electron chi connectivity index (χ0n) is 15.6. The van der Waals surface area contributed by atoms with E-state index in [9.17, 15) is 0 Å². The number of nitrogens with zero attached hydrogens (tertiary/aromatic N) is 2. The molecular weight excluding hydrogens is 356 g/mol. The Morgan fingerprint density at radius 3 is 2.41 bits per heavy atom. The smallest absolute Gasteiger partial charge is 0.191 e. The molecule has 140 valence electrons. The third-order valence-corrected chi connectivity index (χ3v) is 4.84. The number of aromatic nitrogens is 1. The van der Waals surface area contributed by atoms with E-state index >= 15 is 0 Å². The van der Waals surface area contributed by atoms with Crippen molar-refractivity contribution in [3.63, 3.8) is 0 Å². The lowest BCUT2D eigenvalue weighted by Crippen LogP contribution is -2.36. The van der Waals surface area contributed by atoms with E-state index in [0.717, 1.165) is 27.8 Å². The summed E-state index contributed by atoms with van der Waals surface area (Å²) in [5.74, 6) is 1.62. The number of thiazole rings is 1. The summed E-state index contributed by atoms with van der Waals surface area (Å²) >= 11 is 1.69. The summed E-state index contributed by atoms with van der Waals surface area (Å²) in [5, 5.41) is 7.65. The molecule has 0 aliphatic heterocycles. The summed E-state index contributed by atoms with van der Waals surface area (Å²) in [7, 11) is 1.77. The van der Waals surface area contributed by atoms with Gasteiger partial charge < -0.3 is 15.4 Å². The standard InChI is InChI=1S/C21H24N4OS/c1-16-12-23-20(27-16)14-25-21(22-2)24-13-17-8-10-19(11-9-17)26-15-18-6-4-3-5-7-18/h3-12H,13-15H2,1-2H3,(H2,22,24,25). The van der Waals surface area contributed by atoms with Crippen LogP contribution in [0.25, 0.3) is 0 Å². The van der Waals surface area contributed by atoms with Crippen LogP contribution in [0.3, 0.4) is 0 Å². The van der Waals surface area contributed by atoms with Gasteiger partial charge in [-0.2, -0.15) is 0 Å². The van der Waals surface area contributed by atoms with Gasteiger partial charge in [-0.15, -0.1) is 11.3 Å². The minimum Gasteiger partial charge on any atom is -0.489 e. The molecule has 0 spiro atoms. The zero-order chi connectivity index (χ0) is 18.9. The molecule has 27 heavy (non-hydrogen) atoms. The van der Waals surface area contributed by atoms with Gasteiger partial charge >= 0.3 is 0 Å². The minimum absolute atomic E-state index is 0.575. The van der Waals surface area contributed by atoms with Gasteiger partial charge in [-0.1, -0.05) is 42.5 Å². The summed E-state index contributed by atoms with van der Waals surface area (Å²) in [5.41, 5.74) is 2.32. The predicted molar refractivity (Wildman–Crippen MR) is 111 cm³/mol. The van der Waals surface area contributed by atoms with Gasteiger partial charge in [-0.3, -0.25) is 4.99 Å². The van der Waals surface area contributed by atoms with Gasteiger partial charge in [-0.25, -0.2) is 4.98 Å². The third kappa shape index (κ3) is 6.11. The van der Waals surface area contributed by atoms with Crippen LogP contribution in [0.2, 0.25) is 0 Å². The van der Waals surface area contributed by atoms with Crippen molar-refractivity contribution in [1.29, 1.82) is 0 Å². The molecule has 6 heteroatoms. The number of aryl methyl sites for hydroxylation is 1. The monoisotopic (exact) mass is 380 g/mol. The van der Waals surface area contributed by atoms with Crippen molar-refractivity contribution in [2.45, 2.75) is 26.6 Å². The molecule has 0 saturated heterocycles. The van der Waals surface area contributed by atoms with Crippen LogP contribution in [0, 0.1) is 6.92 Å². The Bertz CT molecular complexity index is 859. The van der Waals surface area contributed by atoms with Crippen LogP contribution in [0.15, 0.2) is 65.8 Å². The fourth-order valence-electron chi connectivity index (χ4n) is 2.49. The molecule has 0 unspecified atom stereocenters. The molecule has 0 saturated carbocycles. The molecule has 0 bridgehead atoms. The third-order valence-electron chi connectivity index (χ3n) is 3.93. The number of rotatable bonds is 7. The number of nitrogens with one attached hydrogen (secondary N) is 2. The van der Waals surface area contributed by atoms with Gasteiger partial charge in [0.2, 0.25) is 0 Å². The van der Waals surface area contributed by atoms with Crippen LogP contribution < -0.4 is 15.4 Å². The Hall–Kier alpha value is -2.86. The van der Waals surface area contributed by atoms with Crippen molar-refractivity contribution in [1.82, 2.24) is 15.6 Å². The second kappa shape index (κ2) is 9.73. The first-order chi connectivity index (χ1) is 13.2. The van der Waals surface area contributed by atoms with E-state index in [-0.39, 0.29) is 0 Å². The fourth-order valence-corrected chi connectivity index (χ4v) is 3.22. The lowest BCUT2D eigenvalue weighted by Gasteiger charge is -2.11. The van der Waals surface area contributed by atoms with Crippen LogP contribution in [0.5, 0.6) is 5.75 Å². The quantitative estimate of drug-likeness (QED) is 0.482. The Balaban J connectivity index is 1.44. The first-order valence-corrected chi connectivity index (χ1v) is 9.66. The largest absolute Gasteiger partial charge is 0.489 e. The van der Waals surface area contributed by atoms with Crippen LogP contribution >= 0.6 is 11.3 Å². The molecule has 3 aromatic rings. The molecule has 0 fully saturated rings. The van der Waals surface area contributed by atoms with E-state index in [4.69, 9.17) is 4.74 Å². The summed E-state index contributed by atoms with van der Waals surface area (Å²) in [6, 6.07) is 18.3. The minimum atomic E-state index is 0.575. The molecule has 0 amide bonds. The van der Waals surface area contributed by atoms with Crippen molar-refractivity contribution in [2.24, 2.45) is 4.99 Å². The summed E-state index contributed by atoms with van der Waals surface area (Å²) < 4.78 is 5.82. The van der Waals surface area contributed by atoms with E-state index in [2.05, 4.69) is 51.8 Å². The van der Waals surface area contributed by atoms with Crippen molar-refractivity contribution < 1.29 is 4.74 Å². The zero-order valence-corrected chi connectivity index (χ0v) is 16.4. The lowest BCUT2D eigenvalue weighted by molar-refractivity contribution is 0.306. The second-order valence-electron chi connectivity index (χ2n) is 6.06. The molecule has 5 nitrogen and oxygen atoms in total. The molecule has 1 heterocycles. The van der Waals surface area contributed by atoms with E-state index in [1.54, 1.807) is 18.4 Å². The lowest BCUT2D eigenvalue weighted by atomic mass is 10.2. The van der Waals surface area contributed by atoms with Gasteiger partial charge in [0.05, 0.1) is 6.54 Å². The number of benzene rings is 2. The van der Waals surface area contributed by atoms with Crippen LogP contribution in [-0.4, -0.2) is 18.0 Å². The highest BCUT2D eigenvalue weighted by molar-refractivity contribution is 7.11. The maximum Gasteiger partial charge on any atom is 0.191 e. The summed E-state index contributed by atoms with van der Waals surface area (Å²) in [6.07, 6.45) is 1.89. The number of guanidine groups is 1. The van der Waals surface area contributed by atoms with Crippen LogP contribution in [0.1, 0.15) is 21.0 Å². The summed E-state index contributed by atoms with van der Waals surface area (Å²) in [6.45, 7) is 3.99. The average Bonchev–Trinajstić information content (AvgIpc) is 3.13. The second-order valence-corrected chi connectivity index (χ2v) is 7.38. The molecule has 3 rings (SSSR count). The molecule has 0 radical (unpaired) electrons. The molecule has 1 aromatic heterocycles. The van der Waals surface area contributed by atoms with Gasteiger partial charge in [0, 0.05) is 24.7 Å². The molecule has 0 atom stereocenters. The highest BCUT2D eigenvalue weighted by Gasteiger charge is 2.02. The SMILES string of the molecule is CN=C(NCc1ccc(OCc2ccccc2)cc1)NCc1ncc(C)s1. The van der Waals surface area contributed by atoms with Gasteiger partial charge in [0.1, 0.15) is 17.4 Å². The highest BCUT2D eigenvalue weighted by atomic mass is 32.1. The Morgan fingerprint density at radius 2 is 1.74 bits per heavy atom. The van der Waals surface area contributed by atoms with E-state index in [1.165, 1.54) is 4.88 Å². The highest BCUT2D eigenvalue weighted by Crippen LogP contribution is 2.14. The summed E-state index contributed by atoms with van der Waals surface area (Å²) in [4.78, 5) is 9.81. The van der Waals surface area contributed by atoms with Crippen LogP contribution in [0.4, 0.5) is 0 Å². The fraction of sp³-hybridized carbons (Fsp3) is 0.238. The van der Waals surface area contributed by atoms with E-state index < -0.39 is 0 Å². The van der Waals surface area contributed by atoms with Crippen molar-refractivity contribution >= 4 is 17.3 Å². The maximum atomic E-state index is 5.82. The van der Waals surface area contributed by atoms with Gasteiger partial charge in [0.25, 0.3) is 0 Å². The number of hydrogen-bond donors (Lipinski definition) is 2. The molecule has 2 aromatic carbocycles. The van der Waals surface area contributed by atoms with Crippen molar-refractivity contribution in [3.8, 4) is 5.75 Å². The van der Waals surface area contributed by atoms with Crippen molar-refractivity contribution in [2.75, 3.05) is 7.05 Å². The molecular formula is C21H24N4OS. The molecule has 2 N–H and O–H groups in total. The number of aliphatic imine (C=N–C) groups is 1. The molecule has 0 aliphatic carbocycles. The van der Waals surface area contributed by atoms with Crippen molar-refractivity contribution in [3.05, 3.63) is 81.8 Å². The Morgan fingerprint density at radius 1 is 1.00 bits per heavy atom.